The van der Waals surface area contributed by atoms with Crippen LogP contribution < -0.4 is 16.0 Å². The van der Waals surface area contributed by atoms with Gasteiger partial charge in [0.25, 0.3) is 0 Å². The molecule has 1 aromatic carbocycles. The Labute approximate surface area is 182 Å². The Morgan fingerprint density at radius 2 is 2.06 bits per heavy atom. The molecular formula is C20H23N7O3S. The molecule has 2 aromatic heterocycles. The zero-order valence-corrected chi connectivity index (χ0v) is 18.0. The van der Waals surface area contributed by atoms with E-state index in [1.54, 1.807) is 48.5 Å². The van der Waals surface area contributed by atoms with E-state index in [0.717, 1.165) is 0 Å². The van der Waals surface area contributed by atoms with Crippen molar-refractivity contribution in [3.63, 3.8) is 0 Å². The first kappa shape index (κ1) is 22.1. The van der Waals surface area contributed by atoms with Gasteiger partial charge in [-0.2, -0.15) is 10.1 Å². The number of carbonyl (C=O) groups is 1. The van der Waals surface area contributed by atoms with Gasteiger partial charge in [-0.05, 0) is 24.3 Å². The maximum absolute atomic E-state index is 12.2. The van der Waals surface area contributed by atoms with Crippen LogP contribution in [0.5, 0.6) is 0 Å². The maximum atomic E-state index is 12.2. The third kappa shape index (κ3) is 6.20. The standard InChI is InChI=1S/C20H23N7O3S/c1-4-18(28)23-14-6-5-7-15(10-14)24-19-17(31(3)29)12-21-20(26-19)25-16-11-22-27(13-16)8-9-30-2/h4-7,10-13H,1,8-9H2,2-3H3,(H,23,28)(H2,21,24,25,26). The number of benzene rings is 1. The Morgan fingerprint density at radius 3 is 2.81 bits per heavy atom. The van der Waals surface area contributed by atoms with Gasteiger partial charge in [-0.15, -0.1) is 0 Å². The molecular weight excluding hydrogens is 418 g/mol. The number of carbonyl (C=O) groups excluding carboxylic acids is 1. The Bertz CT molecular complexity index is 1100. The molecule has 1 unspecified atom stereocenters. The van der Waals surface area contributed by atoms with Crippen molar-refractivity contribution < 1.29 is 13.7 Å². The number of methoxy groups -OCH3 is 1. The molecule has 3 aromatic rings. The molecule has 1 amide bonds. The fourth-order valence-corrected chi connectivity index (χ4v) is 3.17. The van der Waals surface area contributed by atoms with Crippen LogP contribution in [0, 0.1) is 0 Å². The summed E-state index contributed by atoms with van der Waals surface area (Å²) >= 11 is 0. The lowest BCUT2D eigenvalue weighted by Gasteiger charge is -2.12. The lowest BCUT2D eigenvalue weighted by atomic mass is 10.2. The fourth-order valence-electron chi connectivity index (χ4n) is 2.60. The molecule has 0 bridgehead atoms. The number of aromatic nitrogens is 4. The first-order chi connectivity index (χ1) is 15.0. The van der Waals surface area contributed by atoms with Crippen molar-refractivity contribution in [2.24, 2.45) is 0 Å². The molecule has 1 atom stereocenters. The molecule has 0 saturated carbocycles. The third-order valence-electron chi connectivity index (χ3n) is 4.06. The number of ether oxygens (including phenoxy) is 1. The van der Waals surface area contributed by atoms with Crippen LogP contribution in [0.25, 0.3) is 0 Å². The molecule has 0 saturated heterocycles. The minimum absolute atomic E-state index is 0.313. The van der Waals surface area contributed by atoms with Crippen molar-refractivity contribution in [3.05, 3.63) is 55.5 Å². The van der Waals surface area contributed by atoms with E-state index in [2.05, 4.69) is 37.6 Å². The van der Waals surface area contributed by atoms with Gasteiger partial charge < -0.3 is 20.7 Å². The Morgan fingerprint density at radius 1 is 1.26 bits per heavy atom. The highest BCUT2D eigenvalue weighted by atomic mass is 32.2. The van der Waals surface area contributed by atoms with E-state index >= 15 is 0 Å². The molecule has 31 heavy (non-hydrogen) atoms. The highest BCUT2D eigenvalue weighted by Crippen LogP contribution is 2.25. The topological polar surface area (TPSA) is 123 Å². The minimum Gasteiger partial charge on any atom is -0.383 e. The lowest BCUT2D eigenvalue weighted by Crippen LogP contribution is -2.08. The second-order valence-electron chi connectivity index (χ2n) is 6.37. The number of rotatable bonds is 10. The summed E-state index contributed by atoms with van der Waals surface area (Å²) in [6.07, 6.45) is 7.72. The highest BCUT2D eigenvalue weighted by Gasteiger charge is 2.12. The van der Waals surface area contributed by atoms with Gasteiger partial charge in [-0.3, -0.25) is 13.7 Å². The number of anilines is 5. The Hall–Kier alpha value is -3.57. The summed E-state index contributed by atoms with van der Waals surface area (Å²) in [6.45, 7) is 4.61. The quantitative estimate of drug-likeness (QED) is 0.410. The van der Waals surface area contributed by atoms with E-state index in [1.807, 2.05) is 6.20 Å². The zero-order chi connectivity index (χ0) is 22.2. The van der Waals surface area contributed by atoms with Gasteiger partial charge in [0, 0.05) is 30.9 Å². The number of nitrogens with zero attached hydrogens (tertiary/aromatic N) is 4. The van der Waals surface area contributed by atoms with Crippen LogP contribution in [0.2, 0.25) is 0 Å². The zero-order valence-electron chi connectivity index (χ0n) is 17.2. The van der Waals surface area contributed by atoms with E-state index in [9.17, 15) is 9.00 Å². The molecule has 2 heterocycles. The predicted molar refractivity (Wildman–Crippen MR) is 120 cm³/mol. The smallest absolute Gasteiger partial charge is 0.247 e. The van der Waals surface area contributed by atoms with Crippen molar-refractivity contribution in [2.75, 3.05) is 35.9 Å². The van der Waals surface area contributed by atoms with Crippen molar-refractivity contribution >= 4 is 45.5 Å². The molecule has 3 rings (SSSR count). The van der Waals surface area contributed by atoms with Crippen LogP contribution >= 0.6 is 0 Å². The van der Waals surface area contributed by atoms with E-state index in [1.165, 1.54) is 12.3 Å². The lowest BCUT2D eigenvalue weighted by molar-refractivity contribution is -0.111. The molecule has 0 aliphatic heterocycles. The molecule has 11 heteroatoms. The summed E-state index contributed by atoms with van der Waals surface area (Å²) in [5.41, 5.74) is 1.96. The number of amides is 1. The predicted octanol–water partition coefficient (Wildman–Crippen LogP) is 2.67. The van der Waals surface area contributed by atoms with Gasteiger partial charge in [0.15, 0.2) is 5.82 Å². The van der Waals surface area contributed by atoms with E-state index in [4.69, 9.17) is 4.74 Å². The van der Waals surface area contributed by atoms with E-state index in [0.29, 0.717) is 46.9 Å². The minimum atomic E-state index is -1.31. The van der Waals surface area contributed by atoms with Gasteiger partial charge in [-0.1, -0.05) is 12.6 Å². The average molecular weight is 442 g/mol. The average Bonchev–Trinajstić information content (AvgIpc) is 3.19. The molecule has 0 spiro atoms. The van der Waals surface area contributed by atoms with Gasteiger partial charge in [-0.25, -0.2) is 4.98 Å². The second kappa shape index (κ2) is 10.5. The fraction of sp³-hybridized carbons (Fsp3) is 0.200. The van der Waals surface area contributed by atoms with Crippen LogP contribution in [-0.4, -0.2) is 49.8 Å². The van der Waals surface area contributed by atoms with Crippen molar-refractivity contribution in [1.82, 2.24) is 19.7 Å². The monoisotopic (exact) mass is 441 g/mol. The summed E-state index contributed by atoms with van der Waals surface area (Å²) in [6, 6.07) is 7.07. The number of hydrogen-bond donors (Lipinski definition) is 3. The summed E-state index contributed by atoms with van der Waals surface area (Å²) in [4.78, 5) is 20.7. The SMILES string of the molecule is C=CC(=O)Nc1cccc(Nc2nc(Nc3cnn(CCOC)c3)ncc2S(C)=O)c1. The van der Waals surface area contributed by atoms with Crippen LogP contribution in [0.3, 0.4) is 0 Å². The molecule has 10 nitrogen and oxygen atoms in total. The van der Waals surface area contributed by atoms with Crippen molar-refractivity contribution in [3.8, 4) is 0 Å². The van der Waals surface area contributed by atoms with Crippen molar-refractivity contribution in [1.29, 1.82) is 0 Å². The summed E-state index contributed by atoms with van der Waals surface area (Å²) < 4.78 is 18.9. The first-order valence-corrected chi connectivity index (χ1v) is 10.8. The van der Waals surface area contributed by atoms with Gasteiger partial charge in [0.05, 0.1) is 46.9 Å². The van der Waals surface area contributed by atoms with Crippen molar-refractivity contribution in [2.45, 2.75) is 11.4 Å². The molecule has 0 radical (unpaired) electrons. The molecule has 0 aliphatic carbocycles. The largest absolute Gasteiger partial charge is 0.383 e. The first-order valence-electron chi connectivity index (χ1n) is 9.28. The van der Waals surface area contributed by atoms with Crippen LogP contribution in [0.4, 0.5) is 28.8 Å². The molecule has 3 N–H and O–H groups in total. The third-order valence-corrected chi connectivity index (χ3v) is 4.98. The number of nitrogens with one attached hydrogen (secondary N) is 3. The van der Waals surface area contributed by atoms with Crippen LogP contribution in [-0.2, 0) is 26.9 Å². The Balaban J connectivity index is 1.81. The summed E-state index contributed by atoms with van der Waals surface area (Å²) in [5, 5.41) is 13.2. The Kier molecular flexibility index (Phi) is 7.46. The maximum Gasteiger partial charge on any atom is 0.247 e. The van der Waals surface area contributed by atoms with Gasteiger partial charge in [0.2, 0.25) is 11.9 Å². The van der Waals surface area contributed by atoms with Gasteiger partial charge >= 0.3 is 0 Å². The van der Waals surface area contributed by atoms with E-state index < -0.39 is 10.8 Å². The molecule has 162 valence electrons. The molecule has 0 aliphatic rings. The van der Waals surface area contributed by atoms with Gasteiger partial charge in [0.1, 0.15) is 0 Å². The summed E-state index contributed by atoms with van der Waals surface area (Å²) in [7, 11) is 0.319. The van der Waals surface area contributed by atoms with Crippen LogP contribution in [0.15, 0.2) is 60.4 Å². The highest BCUT2D eigenvalue weighted by molar-refractivity contribution is 7.84. The normalized spacial score (nSPS) is 11.5. The molecule has 0 fully saturated rings. The second-order valence-corrected chi connectivity index (χ2v) is 7.72. The summed E-state index contributed by atoms with van der Waals surface area (Å²) in [5.74, 6) is 0.392. The van der Waals surface area contributed by atoms with Crippen LogP contribution in [0.1, 0.15) is 0 Å². The number of hydrogen-bond acceptors (Lipinski definition) is 8. The van der Waals surface area contributed by atoms with E-state index in [-0.39, 0.29) is 5.91 Å².